The number of hydrogen-bond acceptors (Lipinski definition) is 4. The van der Waals surface area contributed by atoms with Crippen LogP contribution in [0.2, 0.25) is 0 Å². The van der Waals surface area contributed by atoms with E-state index in [0.717, 1.165) is 48.6 Å². The maximum absolute atomic E-state index is 6.29. The standard InChI is InChI=1S/C14H20N4O/c1-9-17-13-3-2-10(6-14(13)18-9)12(15)7-11-8-19-5-4-16-11/h2-3,6,11-12,16H,4-5,7-8,15H2,1H3,(H,17,18). The van der Waals surface area contributed by atoms with Crippen molar-refractivity contribution in [3.05, 3.63) is 29.6 Å². The fraction of sp³-hybridized carbons (Fsp3) is 0.500. The van der Waals surface area contributed by atoms with Gasteiger partial charge in [-0.3, -0.25) is 0 Å². The highest BCUT2D eigenvalue weighted by Crippen LogP contribution is 2.21. The van der Waals surface area contributed by atoms with Crippen molar-refractivity contribution < 1.29 is 4.74 Å². The van der Waals surface area contributed by atoms with Crippen molar-refractivity contribution in [1.82, 2.24) is 15.3 Å². The molecule has 0 saturated carbocycles. The molecule has 2 atom stereocenters. The van der Waals surface area contributed by atoms with E-state index in [1.54, 1.807) is 0 Å². The summed E-state index contributed by atoms with van der Waals surface area (Å²) in [6.45, 7) is 4.42. The molecule has 1 aromatic carbocycles. The minimum atomic E-state index is 0.0206. The van der Waals surface area contributed by atoms with Crippen LogP contribution >= 0.6 is 0 Å². The number of nitrogens with two attached hydrogens (primary N) is 1. The first-order valence-electron chi connectivity index (χ1n) is 6.75. The molecule has 0 bridgehead atoms. The zero-order valence-corrected chi connectivity index (χ0v) is 11.1. The Balaban J connectivity index is 1.74. The molecule has 19 heavy (non-hydrogen) atoms. The van der Waals surface area contributed by atoms with Crippen molar-refractivity contribution in [3.63, 3.8) is 0 Å². The molecule has 1 aliphatic rings. The van der Waals surface area contributed by atoms with Gasteiger partial charge in [-0.15, -0.1) is 0 Å². The van der Waals surface area contributed by atoms with Crippen LogP contribution in [0.5, 0.6) is 0 Å². The molecule has 0 spiro atoms. The first-order chi connectivity index (χ1) is 9.22. The monoisotopic (exact) mass is 260 g/mol. The third-order valence-corrected chi connectivity index (χ3v) is 3.59. The van der Waals surface area contributed by atoms with Crippen molar-refractivity contribution in [2.75, 3.05) is 19.8 Å². The maximum Gasteiger partial charge on any atom is 0.104 e. The number of morpholine rings is 1. The van der Waals surface area contributed by atoms with E-state index in [0.29, 0.717) is 6.04 Å². The highest BCUT2D eigenvalue weighted by Gasteiger charge is 2.18. The molecule has 2 aromatic rings. The van der Waals surface area contributed by atoms with Crippen LogP contribution in [0, 0.1) is 6.92 Å². The van der Waals surface area contributed by atoms with Gasteiger partial charge in [-0.05, 0) is 31.0 Å². The van der Waals surface area contributed by atoms with Gasteiger partial charge < -0.3 is 20.8 Å². The van der Waals surface area contributed by atoms with Gasteiger partial charge in [0.15, 0.2) is 0 Å². The van der Waals surface area contributed by atoms with E-state index in [4.69, 9.17) is 10.5 Å². The molecule has 1 aromatic heterocycles. The van der Waals surface area contributed by atoms with Crippen molar-refractivity contribution in [3.8, 4) is 0 Å². The van der Waals surface area contributed by atoms with Crippen LogP contribution in [0.25, 0.3) is 11.0 Å². The molecular weight excluding hydrogens is 240 g/mol. The summed E-state index contributed by atoms with van der Waals surface area (Å²) in [6.07, 6.45) is 0.888. The second kappa shape index (κ2) is 5.28. The lowest BCUT2D eigenvalue weighted by atomic mass is 9.99. The minimum Gasteiger partial charge on any atom is -0.379 e. The van der Waals surface area contributed by atoms with Gasteiger partial charge in [0.1, 0.15) is 5.82 Å². The van der Waals surface area contributed by atoms with Crippen LogP contribution in [0.3, 0.4) is 0 Å². The number of aromatic nitrogens is 2. The molecule has 2 unspecified atom stereocenters. The summed E-state index contributed by atoms with van der Waals surface area (Å²) < 4.78 is 5.46. The zero-order valence-electron chi connectivity index (χ0n) is 11.1. The Kier molecular flexibility index (Phi) is 3.50. The van der Waals surface area contributed by atoms with E-state index in [9.17, 15) is 0 Å². The van der Waals surface area contributed by atoms with Crippen LogP contribution in [-0.2, 0) is 4.74 Å². The van der Waals surface area contributed by atoms with Crippen molar-refractivity contribution in [1.29, 1.82) is 0 Å². The number of hydrogen-bond donors (Lipinski definition) is 3. The van der Waals surface area contributed by atoms with Gasteiger partial charge in [0.05, 0.1) is 24.2 Å². The Morgan fingerprint density at radius 2 is 2.42 bits per heavy atom. The molecule has 0 aliphatic carbocycles. The summed E-state index contributed by atoms with van der Waals surface area (Å²) >= 11 is 0. The van der Waals surface area contributed by atoms with Crippen LogP contribution < -0.4 is 11.1 Å². The molecule has 1 fully saturated rings. The third-order valence-electron chi connectivity index (χ3n) is 3.59. The average molecular weight is 260 g/mol. The van der Waals surface area contributed by atoms with Crippen LogP contribution in [0.15, 0.2) is 18.2 Å². The Morgan fingerprint density at radius 3 is 3.21 bits per heavy atom. The summed E-state index contributed by atoms with van der Waals surface area (Å²) in [4.78, 5) is 7.65. The second-order valence-corrected chi connectivity index (χ2v) is 5.17. The van der Waals surface area contributed by atoms with E-state index in [2.05, 4.69) is 27.4 Å². The molecule has 1 aliphatic heterocycles. The van der Waals surface area contributed by atoms with E-state index in [1.807, 2.05) is 13.0 Å². The highest BCUT2D eigenvalue weighted by molar-refractivity contribution is 5.75. The van der Waals surface area contributed by atoms with Gasteiger partial charge in [0, 0.05) is 18.6 Å². The fourth-order valence-corrected chi connectivity index (χ4v) is 2.60. The number of aromatic amines is 1. The number of rotatable bonds is 3. The summed E-state index contributed by atoms with van der Waals surface area (Å²) in [5.74, 6) is 0.933. The molecule has 3 rings (SSSR count). The predicted octanol–water partition coefficient (Wildman–Crippen LogP) is 1.25. The van der Waals surface area contributed by atoms with Crippen molar-refractivity contribution in [2.45, 2.75) is 25.4 Å². The predicted molar refractivity (Wildman–Crippen MR) is 75.0 cm³/mol. The number of fused-ring (bicyclic) bond motifs is 1. The van der Waals surface area contributed by atoms with Crippen LogP contribution in [0.4, 0.5) is 0 Å². The third kappa shape index (κ3) is 2.78. The summed E-state index contributed by atoms with van der Waals surface area (Å²) in [5, 5.41) is 3.44. The fourth-order valence-electron chi connectivity index (χ4n) is 2.60. The zero-order chi connectivity index (χ0) is 13.2. The smallest absolute Gasteiger partial charge is 0.104 e. The Bertz CT molecular complexity index is 560. The molecular formula is C14H20N4O. The van der Waals surface area contributed by atoms with E-state index < -0.39 is 0 Å². The van der Waals surface area contributed by atoms with Gasteiger partial charge in [-0.25, -0.2) is 4.98 Å². The summed E-state index contributed by atoms with van der Waals surface area (Å²) in [5.41, 5.74) is 9.48. The summed E-state index contributed by atoms with van der Waals surface area (Å²) in [6, 6.07) is 6.56. The number of imidazole rings is 1. The summed E-state index contributed by atoms with van der Waals surface area (Å²) in [7, 11) is 0. The van der Waals surface area contributed by atoms with E-state index >= 15 is 0 Å². The van der Waals surface area contributed by atoms with Crippen molar-refractivity contribution >= 4 is 11.0 Å². The first-order valence-corrected chi connectivity index (χ1v) is 6.75. The topological polar surface area (TPSA) is 76.0 Å². The molecule has 1 saturated heterocycles. The van der Waals surface area contributed by atoms with Gasteiger partial charge in [-0.1, -0.05) is 6.07 Å². The Hall–Kier alpha value is -1.43. The molecule has 4 N–H and O–H groups in total. The number of H-pyrrole nitrogens is 1. The van der Waals surface area contributed by atoms with Gasteiger partial charge in [0.25, 0.3) is 0 Å². The number of ether oxygens (including phenoxy) is 1. The number of aryl methyl sites for hydroxylation is 1. The molecule has 2 heterocycles. The lowest BCUT2D eigenvalue weighted by Crippen LogP contribution is -2.42. The largest absolute Gasteiger partial charge is 0.379 e. The SMILES string of the molecule is Cc1nc2ccc(C(N)CC3COCCN3)cc2[nH]1. The number of nitrogens with zero attached hydrogens (tertiary/aromatic N) is 1. The molecule has 0 amide bonds. The van der Waals surface area contributed by atoms with Crippen LogP contribution in [0.1, 0.15) is 23.9 Å². The maximum atomic E-state index is 6.29. The lowest BCUT2D eigenvalue weighted by molar-refractivity contribution is 0.0720. The molecule has 102 valence electrons. The van der Waals surface area contributed by atoms with E-state index in [1.165, 1.54) is 0 Å². The molecule has 5 nitrogen and oxygen atoms in total. The molecule has 5 heteroatoms. The lowest BCUT2D eigenvalue weighted by Gasteiger charge is -2.26. The second-order valence-electron chi connectivity index (χ2n) is 5.17. The number of nitrogens with one attached hydrogen (secondary N) is 2. The first kappa shape index (κ1) is 12.6. The van der Waals surface area contributed by atoms with Gasteiger partial charge in [-0.2, -0.15) is 0 Å². The minimum absolute atomic E-state index is 0.0206. The quantitative estimate of drug-likeness (QED) is 0.776. The Morgan fingerprint density at radius 1 is 1.53 bits per heavy atom. The van der Waals surface area contributed by atoms with Crippen LogP contribution in [-0.4, -0.2) is 35.8 Å². The molecule has 0 radical (unpaired) electrons. The Labute approximate surface area is 112 Å². The van der Waals surface area contributed by atoms with Gasteiger partial charge >= 0.3 is 0 Å². The van der Waals surface area contributed by atoms with E-state index in [-0.39, 0.29) is 6.04 Å². The highest BCUT2D eigenvalue weighted by atomic mass is 16.5. The van der Waals surface area contributed by atoms with Gasteiger partial charge in [0.2, 0.25) is 0 Å². The average Bonchev–Trinajstić information content (AvgIpc) is 2.78. The number of benzene rings is 1. The van der Waals surface area contributed by atoms with Crippen molar-refractivity contribution in [2.24, 2.45) is 5.73 Å². The normalized spacial score (nSPS) is 21.7.